The summed E-state index contributed by atoms with van der Waals surface area (Å²) in [7, 11) is 1.51. The molecule has 0 radical (unpaired) electrons. The van der Waals surface area contributed by atoms with Crippen LogP contribution in [0.3, 0.4) is 0 Å². The Hall–Kier alpha value is -1.26. The third-order valence-corrected chi connectivity index (χ3v) is 3.75. The lowest BCUT2D eigenvalue weighted by Gasteiger charge is -2.07. The van der Waals surface area contributed by atoms with E-state index in [2.05, 4.69) is 4.18 Å². The van der Waals surface area contributed by atoms with Crippen molar-refractivity contribution in [3.63, 3.8) is 0 Å². The van der Waals surface area contributed by atoms with Crippen molar-refractivity contribution in [2.45, 2.75) is 6.42 Å². The minimum absolute atomic E-state index is 0.0576. The molecule has 2 rings (SSSR count). The molecule has 0 bridgehead atoms. The van der Waals surface area contributed by atoms with Crippen molar-refractivity contribution in [2.24, 2.45) is 0 Å². The second-order valence-electron chi connectivity index (χ2n) is 3.86. The van der Waals surface area contributed by atoms with Crippen molar-refractivity contribution in [1.29, 1.82) is 0 Å². The van der Waals surface area contributed by atoms with Gasteiger partial charge in [0.1, 0.15) is 5.75 Å². The highest BCUT2D eigenvalue weighted by molar-refractivity contribution is 7.77. The van der Waals surface area contributed by atoms with Crippen LogP contribution in [0, 0.1) is 0 Å². The fourth-order valence-electron chi connectivity index (χ4n) is 1.91. The summed E-state index contributed by atoms with van der Waals surface area (Å²) in [4.78, 5) is 0. The van der Waals surface area contributed by atoms with Gasteiger partial charge in [-0.3, -0.25) is 8.18 Å². The molecule has 110 valence electrons. The van der Waals surface area contributed by atoms with Crippen LogP contribution in [0.25, 0.3) is 10.9 Å². The van der Waals surface area contributed by atoms with E-state index in [0.717, 1.165) is 3.97 Å². The molecule has 0 aliphatic carbocycles. The van der Waals surface area contributed by atoms with E-state index in [0.29, 0.717) is 22.2 Å². The van der Waals surface area contributed by atoms with Crippen LogP contribution in [0.2, 0.25) is 0 Å². The molecule has 0 amide bonds. The highest BCUT2D eigenvalue weighted by atomic mass is 32.2. The first kappa shape index (κ1) is 15.1. The Morgan fingerprint density at radius 3 is 2.65 bits per heavy atom. The fraction of sp³-hybridized carbons (Fsp3) is 0.273. The number of hydrogen-bond donors (Lipinski definition) is 0. The minimum Gasteiger partial charge on any atom is -0.755 e. The van der Waals surface area contributed by atoms with E-state index in [1.165, 1.54) is 13.3 Å². The topological polar surface area (TPSA) is 104 Å². The van der Waals surface area contributed by atoms with E-state index in [1.807, 2.05) is 0 Å². The summed E-state index contributed by atoms with van der Waals surface area (Å²) in [6.45, 7) is -0.0576. The van der Waals surface area contributed by atoms with Gasteiger partial charge in [0.15, 0.2) is 0 Å². The summed E-state index contributed by atoms with van der Waals surface area (Å²) in [5.74, 6) is 0.585. The molecule has 0 saturated heterocycles. The maximum Gasteiger partial charge on any atom is 0.119 e. The molecule has 0 spiro atoms. The van der Waals surface area contributed by atoms with Gasteiger partial charge in [-0.1, -0.05) is 0 Å². The predicted octanol–water partition coefficient (Wildman–Crippen LogP) is 0.645. The third kappa shape index (κ3) is 3.25. The first-order valence-corrected chi connectivity index (χ1v) is 7.56. The number of ether oxygens (including phenoxy) is 1. The zero-order valence-electron chi connectivity index (χ0n) is 10.4. The van der Waals surface area contributed by atoms with E-state index < -0.39 is 22.6 Å². The van der Waals surface area contributed by atoms with Crippen molar-refractivity contribution >= 4 is 33.5 Å². The third-order valence-electron chi connectivity index (χ3n) is 2.77. The van der Waals surface area contributed by atoms with Crippen LogP contribution in [0.4, 0.5) is 0 Å². The van der Waals surface area contributed by atoms with Gasteiger partial charge in [-0.15, -0.1) is 0 Å². The molecule has 1 aromatic heterocycles. The Morgan fingerprint density at radius 1 is 1.30 bits per heavy atom. The van der Waals surface area contributed by atoms with Crippen LogP contribution in [0.15, 0.2) is 24.4 Å². The number of fused-ring (bicyclic) bond motifs is 1. The quantitative estimate of drug-likeness (QED) is 0.724. The first-order chi connectivity index (χ1) is 9.52. The number of aromatic nitrogens is 1. The number of rotatable bonds is 6. The van der Waals surface area contributed by atoms with Gasteiger partial charge in [-0.05, 0) is 30.2 Å². The van der Waals surface area contributed by atoms with Gasteiger partial charge in [-0.2, -0.15) is 0 Å². The molecule has 0 saturated carbocycles. The van der Waals surface area contributed by atoms with Crippen LogP contribution < -0.4 is 4.74 Å². The van der Waals surface area contributed by atoms with E-state index in [1.54, 1.807) is 18.2 Å². The molecule has 0 aliphatic rings. The molecule has 0 aliphatic heterocycles. The van der Waals surface area contributed by atoms with E-state index in [-0.39, 0.29) is 13.0 Å². The Morgan fingerprint density at radius 2 is 2.05 bits per heavy atom. The predicted molar refractivity (Wildman–Crippen MR) is 71.4 cm³/mol. The monoisotopic (exact) mass is 317 g/mol. The lowest BCUT2D eigenvalue weighted by molar-refractivity contribution is 0.304. The SMILES string of the molecule is COc1ccc2c(c1)c(CCOS(=O)[O-])cn2S(=O)[O-]. The molecule has 1 heterocycles. The fourth-order valence-corrected chi connectivity index (χ4v) is 2.67. The van der Waals surface area contributed by atoms with Gasteiger partial charge in [0.25, 0.3) is 0 Å². The van der Waals surface area contributed by atoms with E-state index in [4.69, 9.17) is 4.74 Å². The number of nitrogens with zero attached hydrogens (tertiary/aromatic N) is 1. The Balaban J connectivity index is 2.41. The van der Waals surface area contributed by atoms with Crippen molar-refractivity contribution in [1.82, 2.24) is 3.97 Å². The van der Waals surface area contributed by atoms with Gasteiger partial charge in [0, 0.05) is 11.6 Å². The average Bonchev–Trinajstić information content (AvgIpc) is 2.76. The van der Waals surface area contributed by atoms with Crippen LogP contribution >= 0.6 is 0 Å². The lowest BCUT2D eigenvalue weighted by atomic mass is 10.1. The van der Waals surface area contributed by atoms with Crippen LogP contribution in [-0.2, 0) is 33.2 Å². The van der Waals surface area contributed by atoms with Crippen LogP contribution in [0.5, 0.6) is 5.75 Å². The van der Waals surface area contributed by atoms with Gasteiger partial charge in [-0.25, -0.2) is 4.21 Å². The largest absolute Gasteiger partial charge is 0.755 e. The zero-order chi connectivity index (χ0) is 14.7. The maximum atomic E-state index is 11.2. The number of methoxy groups -OCH3 is 1. The van der Waals surface area contributed by atoms with Crippen LogP contribution in [-0.4, -0.2) is 35.2 Å². The molecule has 20 heavy (non-hydrogen) atoms. The molecular weight excluding hydrogens is 306 g/mol. The second kappa shape index (κ2) is 6.46. The maximum absolute atomic E-state index is 11.2. The smallest absolute Gasteiger partial charge is 0.119 e. The highest BCUT2D eigenvalue weighted by Gasteiger charge is 2.10. The average molecular weight is 317 g/mol. The summed E-state index contributed by atoms with van der Waals surface area (Å²) in [6, 6.07) is 4.97. The molecule has 0 N–H and O–H groups in total. The van der Waals surface area contributed by atoms with Crippen molar-refractivity contribution in [3.05, 3.63) is 30.0 Å². The van der Waals surface area contributed by atoms with Gasteiger partial charge in [0.2, 0.25) is 0 Å². The second-order valence-corrected chi connectivity index (χ2v) is 5.33. The molecule has 9 heteroatoms. The number of hydrogen-bond acceptors (Lipinski definition) is 6. The molecule has 7 nitrogen and oxygen atoms in total. The molecule has 0 fully saturated rings. The van der Waals surface area contributed by atoms with Crippen LogP contribution in [0.1, 0.15) is 5.56 Å². The summed E-state index contributed by atoms with van der Waals surface area (Å²) in [5.41, 5.74) is 1.16. The van der Waals surface area contributed by atoms with Crippen molar-refractivity contribution < 1.29 is 26.4 Å². The Bertz CT molecular complexity index is 668. The van der Waals surface area contributed by atoms with E-state index in [9.17, 15) is 17.5 Å². The van der Waals surface area contributed by atoms with Gasteiger partial charge < -0.3 is 18.0 Å². The normalized spacial score (nSPS) is 14.3. The lowest BCUT2D eigenvalue weighted by Crippen LogP contribution is -2.02. The Labute approximate surface area is 120 Å². The van der Waals surface area contributed by atoms with Gasteiger partial charge in [0.05, 0.1) is 41.9 Å². The number of benzene rings is 1. The summed E-state index contributed by atoms with van der Waals surface area (Å²) < 4.78 is 53.6. The molecule has 2 aromatic rings. The molecule has 2 atom stereocenters. The summed E-state index contributed by atoms with van der Waals surface area (Å²) in [5, 5.41) is 0.675. The first-order valence-electron chi connectivity index (χ1n) is 5.53. The van der Waals surface area contributed by atoms with Crippen molar-refractivity contribution in [2.75, 3.05) is 13.7 Å². The molecule has 2 unspecified atom stereocenters. The molecular formula is C11H11NO6S2-2. The van der Waals surface area contributed by atoms with E-state index >= 15 is 0 Å². The van der Waals surface area contributed by atoms with Crippen molar-refractivity contribution in [3.8, 4) is 5.75 Å². The zero-order valence-corrected chi connectivity index (χ0v) is 12.1. The molecule has 1 aromatic carbocycles. The Kier molecular flexibility index (Phi) is 4.89. The minimum atomic E-state index is -2.58. The standard InChI is InChI=1S/C11H13NO6S2/c1-17-9-2-3-11-10(6-9)8(4-5-18-20(15)16)7-12(11)19(13)14/h2-3,6-7H,4-5H2,1H3,(H,13,14)(H,15,16)/p-2. The van der Waals surface area contributed by atoms with Gasteiger partial charge >= 0.3 is 0 Å². The highest BCUT2D eigenvalue weighted by Crippen LogP contribution is 2.26. The summed E-state index contributed by atoms with van der Waals surface area (Å²) >= 11 is -5.03. The summed E-state index contributed by atoms with van der Waals surface area (Å²) in [6.07, 6.45) is 1.70.